The number of carbonyl (C=O) groups is 2. The van der Waals surface area contributed by atoms with Crippen molar-refractivity contribution in [3.63, 3.8) is 0 Å². The van der Waals surface area contributed by atoms with Crippen LogP contribution < -0.4 is 16.1 Å². The monoisotopic (exact) mass is 366 g/mol. The zero-order chi connectivity index (χ0) is 19.6. The summed E-state index contributed by atoms with van der Waals surface area (Å²) in [6.45, 7) is 2.08. The number of Topliss-reactive ketones (excluding diaryl/α,β-unsaturated/α-hetero) is 2. The van der Waals surface area contributed by atoms with E-state index in [0.29, 0.717) is 29.8 Å². The molecule has 3 rings (SSSR count). The second-order valence-corrected chi connectivity index (χ2v) is 6.85. The summed E-state index contributed by atoms with van der Waals surface area (Å²) in [4.78, 5) is 24.6. The van der Waals surface area contributed by atoms with Gasteiger partial charge in [-0.2, -0.15) is 0 Å². The minimum absolute atomic E-state index is 0.0992. The maximum absolute atomic E-state index is 12.8. The Balaban J connectivity index is 1.82. The Morgan fingerprint density at radius 1 is 1.19 bits per heavy atom. The molecule has 27 heavy (non-hydrogen) atoms. The predicted octanol–water partition coefficient (Wildman–Crippen LogP) is 1.87. The van der Waals surface area contributed by atoms with Gasteiger partial charge in [0.25, 0.3) is 0 Å². The molecule has 1 heterocycles. The normalized spacial score (nSPS) is 15.9. The lowest BCUT2D eigenvalue weighted by molar-refractivity contribution is 0.0970. The minimum atomic E-state index is -1.15. The van der Waals surface area contributed by atoms with E-state index in [4.69, 9.17) is 16.1 Å². The van der Waals surface area contributed by atoms with Crippen LogP contribution in [0.25, 0.3) is 0 Å². The van der Waals surface area contributed by atoms with Gasteiger partial charge in [-0.15, -0.1) is 0 Å². The molecule has 1 atom stereocenters. The predicted molar refractivity (Wildman–Crippen MR) is 104 cm³/mol. The van der Waals surface area contributed by atoms with Crippen LogP contribution in [-0.4, -0.2) is 23.7 Å². The van der Waals surface area contributed by atoms with E-state index in [1.165, 1.54) is 6.92 Å². The molecule has 0 saturated carbocycles. The van der Waals surface area contributed by atoms with Crippen molar-refractivity contribution in [3.8, 4) is 5.75 Å². The van der Waals surface area contributed by atoms with Gasteiger partial charge in [0.2, 0.25) is 0 Å². The Kier molecular flexibility index (Phi) is 5.75. The van der Waals surface area contributed by atoms with E-state index < -0.39 is 12.9 Å². The number of carbonyl (C=O) groups excluding carboxylic acids is 2. The van der Waals surface area contributed by atoms with Gasteiger partial charge >= 0.3 is 7.12 Å². The average molecular weight is 366 g/mol. The summed E-state index contributed by atoms with van der Waals surface area (Å²) in [5, 5.41) is 10.4. The van der Waals surface area contributed by atoms with Gasteiger partial charge in [0.15, 0.2) is 11.6 Å². The smallest absolute Gasteiger partial charge is 0.526 e. The quantitative estimate of drug-likeness (QED) is 0.531. The van der Waals surface area contributed by atoms with E-state index in [0.717, 1.165) is 16.7 Å². The number of ketones is 2. The van der Waals surface area contributed by atoms with Crippen LogP contribution in [0.4, 0.5) is 0 Å². The van der Waals surface area contributed by atoms with Crippen molar-refractivity contribution in [1.29, 1.82) is 0 Å². The summed E-state index contributed by atoms with van der Waals surface area (Å²) in [7, 11) is -1.15. The zero-order valence-corrected chi connectivity index (χ0v) is 15.3. The fraction of sp³-hybridized carbons (Fsp3) is 0.300. The number of nitrogens with two attached hydrogens (primary N) is 2. The number of rotatable bonds is 6. The third-order valence-electron chi connectivity index (χ3n) is 4.97. The Bertz CT molecular complexity index is 884. The highest BCUT2D eigenvalue weighted by Crippen LogP contribution is 2.37. The molecular formula is C20H23BN2O4. The summed E-state index contributed by atoms with van der Waals surface area (Å²) in [6, 6.07) is 10.7. The SMILES string of the molecule is CC(=O)c1cccc2c1OB(O)[C@@H](CC(=O)c1ccc(CN)cc1CN)C2. The molecule has 2 aromatic rings. The second kappa shape index (κ2) is 8.04. The van der Waals surface area contributed by atoms with E-state index in [1.54, 1.807) is 18.2 Å². The molecule has 0 spiro atoms. The van der Waals surface area contributed by atoms with Gasteiger partial charge in [-0.1, -0.05) is 30.3 Å². The number of hydrogen-bond acceptors (Lipinski definition) is 6. The Labute approximate surface area is 158 Å². The third kappa shape index (κ3) is 3.95. The summed E-state index contributed by atoms with van der Waals surface area (Å²) >= 11 is 0. The van der Waals surface area contributed by atoms with Gasteiger partial charge in [0.05, 0.1) is 5.56 Å². The Hall–Kier alpha value is -2.48. The van der Waals surface area contributed by atoms with Crippen LogP contribution in [0.5, 0.6) is 5.75 Å². The van der Waals surface area contributed by atoms with Gasteiger partial charge in [0.1, 0.15) is 5.75 Å². The highest BCUT2D eigenvalue weighted by molar-refractivity contribution is 6.47. The van der Waals surface area contributed by atoms with E-state index in [2.05, 4.69) is 0 Å². The van der Waals surface area contributed by atoms with Gasteiger partial charge < -0.3 is 21.1 Å². The molecule has 0 fully saturated rings. The van der Waals surface area contributed by atoms with Gasteiger partial charge in [0, 0.05) is 30.9 Å². The van der Waals surface area contributed by atoms with Gasteiger partial charge in [-0.25, -0.2) is 0 Å². The minimum Gasteiger partial charge on any atom is -0.535 e. The second-order valence-electron chi connectivity index (χ2n) is 6.85. The summed E-state index contributed by atoms with van der Waals surface area (Å²) in [5.41, 5.74) is 14.9. The number of benzene rings is 2. The highest BCUT2D eigenvalue weighted by Gasteiger charge is 2.37. The third-order valence-corrected chi connectivity index (χ3v) is 4.97. The largest absolute Gasteiger partial charge is 0.535 e. The molecule has 0 amide bonds. The van der Waals surface area contributed by atoms with Crippen molar-refractivity contribution < 1.29 is 19.3 Å². The number of para-hydroxylation sites is 1. The molecule has 0 bridgehead atoms. The molecule has 7 heteroatoms. The topological polar surface area (TPSA) is 116 Å². The molecule has 2 aromatic carbocycles. The Morgan fingerprint density at radius 3 is 2.63 bits per heavy atom. The lowest BCUT2D eigenvalue weighted by Gasteiger charge is -2.28. The van der Waals surface area contributed by atoms with E-state index in [9.17, 15) is 14.6 Å². The van der Waals surface area contributed by atoms with Crippen molar-refractivity contribution in [2.75, 3.05) is 0 Å². The van der Waals surface area contributed by atoms with Crippen molar-refractivity contribution in [2.24, 2.45) is 11.5 Å². The van der Waals surface area contributed by atoms with Crippen LogP contribution in [0.1, 0.15) is 50.8 Å². The van der Waals surface area contributed by atoms with Crippen LogP contribution in [0, 0.1) is 0 Å². The van der Waals surface area contributed by atoms with Crippen LogP contribution in [0.2, 0.25) is 5.82 Å². The summed E-state index contributed by atoms with van der Waals surface area (Å²) < 4.78 is 5.61. The molecule has 6 nitrogen and oxygen atoms in total. The molecule has 0 aliphatic carbocycles. The molecule has 1 aliphatic heterocycles. The maximum Gasteiger partial charge on any atom is 0.526 e. The standard InChI is InChI=1S/C20H23BN2O4/c1-12(24)17-4-2-3-14-8-16(21(26)27-20(14)17)9-19(25)18-6-5-13(10-22)7-15(18)11-23/h2-7,16,26H,8-11,22-23H2,1H3/t16-/m1/s1. The molecule has 5 N–H and O–H groups in total. The van der Waals surface area contributed by atoms with Gasteiger partial charge in [-0.3, -0.25) is 9.59 Å². The number of hydrogen-bond donors (Lipinski definition) is 3. The highest BCUT2D eigenvalue weighted by atomic mass is 16.5. The fourth-order valence-corrected chi connectivity index (χ4v) is 3.50. The molecule has 0 aromatic heterocycles. The summed E-state index contributed by atoms with van der Waals surface area (Å²) in [5.74, 6) is -0.206. The van der Waals surface area contributed by atoms with E-state index >= 15 is 0 Å². The molecular weight excluding hydrogens is 343 g/mol. The first-order valence-electron chi connectivity index (χ1n) is 8.97. The molecule has 140 valence electrons. The molecule has 0 unspecified atom stereocenters. The number of fused-ring (bicyclic) bond motifs is 1. The first-order valence-corrected chi connectivity index (χ1v) is 8.97. The fourth-order valence-electron chi connectivity index (χ4n) is 3.50. The van der Waals surface area contributed by atoms with E-state index in [-0.39, 0.29) is 24.5 Å². The van der Waals surface area contributed by atoms with Gasteiger partial charge in [-0.05, 0) is 36.1 Å². The van der Waals surface area contributed by atoms with Crippen LogP contribution in [0.15, 0.2) is 36.4 Å². The van der Waals surface area contributed by atoms with Crippen molar-refractivity contribution >= 4 is 18.7 Å². The lowest BCUT2D eigenvalue weighted by atomic mass is 9.64. The van der Waals surface area contributed by atoms with Crippen molar-refractivity contribution in [1.82, 2.24) is 0 Å². The Morgan fingerprint density at radius 2 is 1.96 bits per heavy atom. The first kappa shape index (κ1) is 19.3. The van der Waals surface area contributed by atoms with Crippen LogP contribution >= 0.6 is 0 Å². The first-order chi connectivity index (χ1) is 12.9. The van der Waals surface area contributed by atoms with Crippen LogP contribution in [0.3, 0.4) is 0 Å². The molecule has 1 aliphatic rings. The lowest BCUT2D eigenvalue weighted by Crippen LogP contribution is -2.35. The average Bonchev–Trinajstić information content (AvgIpc) is 2.67. The van der Waals surface area contributed by atoms with Crippen LogP contribution in [-0.2, 0) is 19.5 Å². The van der Waals surface area contributed by atoms with Crippen molar-refractivity contribution in [2.45, 2.75) is 38.7 Å². The van der Waals surface area contributed by atoms with Crippen molar-refractivity contribution in [3.05, 3.63) is 64.2 Å². The zero-order valence-electron chi connectivity index (χ0n) is 15.3. The molecule has 0 saturated heterocycles. The summed E-state index contributed by atoms with van der Waals surface area (Å²) in [6.07, 6.45) is 0.585. The molecule has 0 radical (unpaired) electrons. The van der Waals surface area contributed by atoms with E-state index in [1.807, 2.05) is 18.2 Å². The maximum atomic E-state index is 12.8.